The first-order valence-corrected chi connectivity index (χ1v) is 14.1. The Hall–Kier alpha value is -2.86. The number of aliphatic hydroxyl groups excluding tert-OH is 1. The molecule has 0 aromatic heterocycles. The summed E-state index contributed by atoms with van der Waals surface area (Å²) in [5.41, 5.74) is 4.75. The largest absolute Gasteiger partial charge is 0.507 e. The molecule has 0 saturated heterocycles. The lowest BCUT2D eigenvalue weighted by Gasteiger charge is -2.55. The first-order valence-electron chi connectivity index (χ1n) is 14.1. The van der Waals surface area contributed by atoms with Gasteiger partial charge in [-0.2, -0.15) is 0 Å². The Labute approximate surface area is 233 Å². The zero-order valence-electron chi connectivity index (χ0n) is 23.5. The van der Waals surface area contributed by atoms with Crippen LogP contribution in [0.3, 0.4) is 0 Å². The molecule has 4 aliphatic rings. The molecule has 6 N–H and O–H groups in total. The van der Waals surface area contributed by atoms with Crippen molar-refractivity contribution in [3.8, 4) is 5.75 Å². The van der Waals surface area contributed by atoms with Gasteiger partial charge >= 0.3 is 0 Å². The molecule has 4 unspecified atom stereocenters. The summed E-state index contributed by atoms with van der Waals surface area (Å²) >= 11 is 0. The summed E-state index contributed by atoms with van der Waals surface area (Å²) in [6.07, 6.45) is 3.23. The molecule has 5 rings (SSSR count). The number of primary amides is 1. The smallest absolute Gasteiger partial charge is 0.230 e. The van der Waals surface area contributed by atoms with Crippen molar-refractivity contribution in [3.05, 3.63) is 22.8 Å². The topological polar surface area (TPSA) is 173 Å². The second kappa shape index (κ2) is 10.2. The number of nitrogens with two attached hydrogens (primary N) is 1. The summed E-state index contributed by atoms with van der Waals surface area (Å²) < 4.78 is 0. The van der Waals surface area contributed by atoms with E-state index in [1.807, 2.05) is 25.1 Å². The molecule has 1 amide bonds. The fourth-order valence-electron chi connectivity index (χ4n) is 7.84. The van der Waals surface area contributed by atoms with E-state index in [0.717, 1.165) is 31.4 Å². The number of likely N-dealkylation sites (N-methyl/N-ethyl adjacent to an activating group) is 1. The Bertz CT molecular complexity index is 1260. The number of carbonyl (C=O) groups is 4. The minimum Gasteiger partial charge on any atom is -0.507 e. The average molecular weight is 557 g/mol. The Morgan fingerprint density at radius 3 is 2.35 bits per heavy atom. The van der Waals surface area contributed by atoms with Gasteiger partial charge in [-0.15, -0.1) is 0 Å². The number of hydrogen-bond acceptors (Lipinski definition) is 10. The van der Waals surface area contributed by atoms with E-state index in [2.05, 4.69) is 5.32 Å². The van der Waals surface area contributed by atoms with Gasteiger partial charge in [0.15, 0.2) is 23.0 Å². The molecule has 0 aliphatic heterocycles. The fourth-order valence-corrected chi connectivity index (χ4v) is 7.84. The molecule has 0 bridgehead atoms. The lowest BCUT2D eigenvalue weighted by molar-refractivity contribution is -0.190. The van der Waals surface area contributed by atoms with Crippen molar-refractivity contribution in [2.45, 2.75) is 68.9 Å². The summed E-state index contributed by atoms with van der Waals surface area (Å²) in [5, 5.41) is 37.6. The molecule has 218 valence electrons. The van der Waals surface area contributed by atoms with Crippen LogP contribution in [-0.4, -0.2) is 95.5 Å². The Morgan fingerprint density at radius 2 is 1.77 bits per heavy atom. The number of phenols is 1. The van der Waals surface area contributed by atoms with Crippen molar-refractivity contribution in [2.75, 3.05) is 33.1 Å². The highest BCUT2D eigenvalue weighted by atomic mass is 16.3. The van der Waals surface area contributed by atoms with Crippen molar-refractivity contribution in [1.82, 2.24) is 10.2 Å². The van der Waals surface area contributed by atoms with Gasteiger partial charge in [0.1, 0.15) is 11.7 Å². The molecule has 0 radical (unpaired) electrons. The number of ketones is 3. The number of aliphatic hydroxyl groups is 2. The maximum Gasteiger partial charge on any atom is 0.230 e. The molecule has 3 fully saturated rings. The van der Waals surface area contributed by atoms with Gasteiger partial charge in [-0.25, -0.2) is 0 Å². The van der Waals surface area contributed by atoms with Gasteiger partial charge < -0.3 is 36.2 Å². The number of nitrogens with zero attached hydrogens (tertiary/aromatic N) is 2. The zero-order chi connectivity index (χ0) is 29.3. The van der Waals surface area contributed by atoms with Crippen LogP contribution in [0.25, 0.3) is 0 Å². The van der Waals surface area contributed by atoms with Crippen molar-refractivity contribution in [2.24, 2.45) is 29.4 Å². The highest BCUT2D eigenvalue weighted by Gasteiger charge is 2.69. The van der Waals surface area contributed by atoms with Crippen LogP contribution in [0, 0.1) is 23.7 Å². The number of anilines is 1. The number of Topliss-reactive ketones (excluding diaryl/α,β-unsaturated/α-hetero) is 3. The molecule has 1 aromatic rings. The van der Waals surface area contributed by atoms with Gasteiger partial charge in [0.05, 0.1) is 17.6 Å². The highest BCUT2D eigenvalue weighted by molar-refractivity contribution is 6.25. The molecule has 7 atom stereocenters. The molecular formula is C29H40N4O7. The number of nitrogens with one attached hydrogen (secondary N) is 1. The molecular weight excluding hydrogens is 516 g/mol. The number of hydrogen-bond donors (Lipinski definition) is 5. The summed E-state index contributed by atoms with van der Waals surface area (Å²) in [6.45, 7) is 0.354. The molecule has 11 nitrogen and oxygen atoms in total. The van der Waals surface area contributed by atoms with Crippen LogP contribution >= 0.6 is 0 Å². The van der Waals surface area contributed by atoms with E-state index in [1.54, 1.807) is 19.0 Å². The Balaban J connectivity index is 1.59. The predicted molar refractivity (Wildman–Crippen MR) is 146 cm³/mol. The number of amides is 1. The van der Waals surface area contributed by atoms with E-state index in [-0.39, 0.29) is 24.2 Å². The third-order valence-electron chi connectivity index (χ3n) is 9.76. The van der Waals surface area contributed by atoms with Crippen LogP contribution in [0.5, 0.6) is 5.75 Å². The summed E-state index contributed by atoms with van der Waals surface area (Å²) in [7, 11) is 6.96. The average Bonchev–Trinajstić information content (AvgIpc) is 3.39. The van der Waals surface area contributed by atoms with Crippen LogP contribution in [0.15, 0.2) is 6.07 Å². The Kier molecular flexibility index (Phi) is 7.31. The van der Waals surface area contributed by atoms with Crippen LogP contribution in [0.4, 0.5) is 5.69 Å². The minimum absolute atomic E-state index is 0.0463. The van der Waals surface area contributed by atoms with Crippen molar-refractivity contribution >= 4 is 28.9 Å². The number of phenolic OH excluding ortho intramolecular Hbond substituents is 1. The SMILES string of the molecule is CN(C)c1cc(CNC2CCCC2)c(O)c2c1C[C@@H]1C[C@@H]3C(N(C)C)C(O)C(C(N)=O)C(=O)[C@]3(O)C(=O)C1C2=O. The first kappa shape index (κ1) is 28.7. The number of benzene rings is 1. The van der Waals surface area contributed by atoms with E-state index in [9.17, 15) is 34.5 Å². The van der Waals surface area contributed by atoms with Crippen LogP contribution < -0.4 is 16.0 Å². The van der Waals surface area contributed by atoms with Crippen LogP contribution in [-0.2, 0) is 27.3 Å². The second-order valence-electron chi connectivity index (χ2n) is 12.5. The van der Waals surface area contributed by atoms with E-state index in [0.29, 0.717) is 23.7 Å². The van der Waals surface area contributed by atoms with Gasteiger partial charge in [0.25, 0.3) is 0 Å². The maximum atomic E-state index is 14.1. The third-order valence-corrected chi connectivity index (χ3v) is 9.76. The Morgan fingerprint density at radius 1 is 1.12 bits per heavy atom. The van der Waals surface area contributed by atoms with Crippen molar-refractivity contribution in [3.63, 3.8) is 0 Å². The molecule has 11 heteroatoms. The number of aromatic hydroxyl groups is 1. The minimum atomic E-state index is -2.66. The second-order valence-corrected chi connectivity index (χ2v) is 12.5. The normalized spacial score (nSPS) is 34.0. The van der Waals surface area contributed by atoms with E-state index in [1.165, 1.54) is 0 Å². The summed E-state index contributed by atoms with van der Waals surface area (Å²) in [6, 6.07) is 1.28. The summed E-state index contributed by atoms with van der Waals surface area (Å²) in [5.74, 6) is -8.89. The number of fused-ring (bicyclic) bond motifs is 3. The van der Waals surface area contributed by atoms with E-state index < -0.39 is 64.7 Å². The number of rotatable bonds is 6. The van der Waals surface area contributed by atoms with E-state index in [4.69, 9.17) is 5.73 Å². The number of carbonyl (C=O) groups excluding carboxylic acids is 4. The molecule has 1 aromatic carbocycles. The third kappa shape index (κ3) is 4.17. The molecule has 3 saturated carbocycles. The van der Waals surface area contributed by atoms with Gasteiger partial charge in [0.2, 0.25) is 5.91 Å². The standard InChI is InChI=1S/C29H40N4O7/c1-32(2)18-11-14(12-31-15-7-5-6-8-15)23(34)20-16(18)9-13-10-17-22(33(3)4)25(36)21(28(30)39)27(38)29(17,40)26(37)19(13)24(20)35/h11,13,15,17,19,21-22,25,31,34,36,40H,5-10,12H2,1-4H3,(H2,30,39)/t13-,17-,19?,21?,22?,25?,29-/m1/s1. The lowest BCUT2D eigenvalue weighted by Crippen LogP contribution is -2.75. The van der Waals surface area contributed by atoms with Crippen LogP contribution in [0.2, 0.25) is 0 Å². The summed E-state index contributed by atoms with van der Waals surface area (Å²) in [4.78, 5) is 57.3. The van der Waals surface area contributed by atoms with Gasteiger partial charge in [-0.1, -0.05) is 12.8 Å². The maximum absolute atomic E-state index is 14.1. The molecule has 0 heterocycles. The van der Waals surface area contributed by atoms with Crippen molar-refractivity contribution in [1.29, 1.82) is 0 Å². The van der Waals surface area contributed by atoms with Crippen LogP contribution in [0.1, 0.15) is 53.6 Å². The highest BCUT2D eigenvalue weighted by Crippen LogP contribution is 2.52. The molecule has 0 spiro atoms. The van der Waals surface area contributed by atoms with Gasteiger partial charge in [0, 0.05) is 49.9 Å². The predicted octanol–water partition coefficient (Wildman–Crippen LogP) is -0.243. The van der Waals surface area contributed by atoms with E-state index >= 15 is 0 Å². The quantitative estimate of drug-likeness (QED) is 0.294. The monoisotopic (exact) mass is 556 g/mol. The zero-order valence-corrected chi connectivity index (χ0v) is 23.5. The van der Waals surface area contributed by atoms with Gasteiger partial charge in [-0.05, 0) is 57.3 Å². The van der Waals surface area contributed by atoms with Crippen molar-refractivity contribution < 1.29 is 34.5 Å². The molecule has 4 aliphatic carbocycles. The fraction of sp³-hybridized carbons (Fsp3) is 0.655. The van der Waals surface area contributed by atoms with Gasteiger partial charge in [-0.3, -0.25) is 19.2 Å². The first-order chi connectivity index (χ1) is 18.8. The lowest BCUT2D eigenvalue weighted by atomic mass is 9.52. The molecule has 40 heavy (non-hydrogen) atoms.